The summed E-state index contributed by atoms with van der Waals surface area (Å²) in [5.41, 5.74) is 5.49. The van der Waals surface area contributed by atoms with Gasteiger partial charge in [-0.05, 0) is 11.8 Å². The lowest BCUT2D eigenvalue weighted by Crippen LogP contribution is -2.46. The first-order valence-electron chi connectivity index (χ1n) is 6.05. The number of carboxylic acid groups (broad SMARTS) is 1. The quantitative estimate of drug-likeness (QED) is 0.512. The predicted molar refractivity (Wildman–Crippen MR) is 67.9 cm³/mol. The van der Waals surface area contributed by atoms with Crippen molar-refractivity contribution >= 4 is 11.9 Å². The van der Waals surface area contributed by atoms with Crippen LogP contribution in [0.2, 0.25) is 0 Å². The Morgan fingerprint density at radius 2 is 1.89 bits per heavy atom. The molecule has 0 rings (SSSR count). The molecule has 2 atom stereocenters. The summed E-state index contributed by atoms with van der Waals surface area (Å²) in [6.45, 7) is 5.86. The van der Waals surface area contributed by atoms with Gasteiger partial charge in [-0.2, -0.15) is 0 Å². The van der Waals surface area contributed by atoms with Gasteiger partial charge in [0, 0.05) is 19.6 Å². The molecule has 0 bridgehead atoms. The van der Waals surface area contributed by atoms with Gasteiger partial charge in [-0.3, -0.25) is 4.79 Å². The van der Waals surface area contributed by atoms with E-state index in [4.69, 9.17) is 15.9 Å². The van der Waals surface area contributed by atoms with E-state index in [-0.39, 0.29) is 30.9 Å². The molecule has 0 saturated heterocycles. The Labute approximate surface area is 108 Å². The molecule has 18 heavy (non-hydrogen) atoms. The van der Waals surface area contributed by atoms with Crippen molar-refractivity contribution in [2.24, 2.45) is 17.1 Å². The van der Waals surface area contributed by atoms with Crippen LogP contribution in [0.5, 0.6) is 0 Å². The van der Waals surface area contributed by atoms with Crippen LogP contribution in [-0.4, -0.2) is 41.3 Å². The van der Waals surface area contributed by atoms with Crippen LogP contribution >= 0.6 is 0 Å². The Bertz CT molecular complexity index is 286. The summed E-state index contributed by atoms with van der Waals surface area (Å²) in [5.74, 6) is -1.93. The zero-order chi connectivity index (χ0) is 14.3. The smallest absolute Gasteiger partial charge is 0.326 e. The third-order valence-corrected chi connectivity index (χ3v) is 2.55. The van der Waals surface area contributed by atoms with Crippen LogP contribution in [0.25, 0.3) is 0 Å². The highest BCUT2D eigenvalue weighted by atomic mass is 16.4. The van der Waals surface area contributed by atoms with E-state index in [0.717, 1.165) is 0 Å². The number of aliphatic hydroxyl groups is 1. The zero-order valence-corrected chi connectivity index (χ0v) is 11.3. The van der Waals surface area contributed by atoms with E-state index >= 15 is 0 Å². The van der Waals surface area contributed by atoms with Crippen LogP contribution < -0.4 is 11.1 Å². The maximum Gasteiger partial charge on any atom is 0.326 e. The second-order valence-electron chi connectivity index (χ2n) is 5.61. The monoisotopic (exact) mass is 260 g/mol. The molecule has 0 spiro atoms. The second-order valence-corrected chi connectivity index (χ2v) is 5.61. The number of carboxylic acids is 1. The van der Waals surface area contributed by atoms with Gasteiger partial charge < -0.3 is 21.3 Å². The minimum absolute atomic E-state index is 0.00607. The van der Waals surface area contributed by atoms with Gasteiger partial charge >= 0.3 is 5.97 Å². The lowest BCUT2D eigenvalue weighted by atomic mass is 9.84. The van der Waals surface area contributed by atoms with E-state index in [1.54, 1.807) is 0 Å². The number of aliphatic hydroxyl groups excluding tert-OH is 1. The average molecular weight is 260 g/mol. The summed E-state index contributed by atoms with van der Waals surface area (Å²) in [7, 11) is 0. The number of hydrogen-bond acceptors (Lipinski definition) is 4. The van der Waals surface area contributed by atoms with Crippen molar-refractivity contribution in [2.75, 3.05) is 13.2 Å². The third-order valence-electron chi connectivity index (χ3n) is 2.55. The molecular weight excluding hydrogens is 236 g/mol. The van der Waals surface area contributed by atoms with Gasteiger partial charge in [-0.25, -0.2) is 4.79 Å². The van der Waals surface area contributed by atoms with Gasteiger partial charge in [0.2, 0.25) is 5.91 Å². The SMILES string of the molecule is CC(C)(C)CC(CN)C(=O)NC(CCO)C(=O)O. The molecule has 0 aromatic rings. The van der Waals surface area contributed by atoms with Crippen molar-refractivity contribution < 1.29 is 19.8 Å². The van der Waals surface area contributed by atoms with Gasteiger partial charge in [0.05, 0.1) is 5.92 Å². The standard InChI is InChI=1S/C12H24N2O4/c1-12(2,3)6-8(7-13)10(16)14-9(4-5-15)11(17)18/h8-9,15H,4-7,13H2,1-3H3,(H,14,16)(H,17,18). The first-order chi connectivity index (χ1) is 8.21. The van der Waals surface area contributed by atoms with Gasteiger partial charge in [-0.1, -0.05) is 20.8 Å². The first kappa shape index (κ1) is 16.9. The van der Waals surface area contributed by atoms with Crippen LogP contribution in [0.4, 0.5) is 0 Å². The van der Waals surface area contributed by atoms with E-state index < -0.39 is 17.9 Å². The lowest BCUT2D eigenvalue weighted by Gasteiger charge is -2.25. The molecule has 2 unspecified atom stereocenters. The maximum absolute atomic E-state index is 11.9. The topological polar surface area (TPSA) is 113 Å². The van der Waals surface area contributed by atoms with Crippen LogP contribution in [0.15, 0.2) is 0 Å². The van der Waals surface area contributed by atoms with Gasteiger partial charge in [0.15, 0.2) is 0 Å². The van der Waals surface area contributed by atoms with Crippen LogP contribution in [-0.2, 0) is 9.59 Å². The molecule has 6 nitrogen and oxygen atoms in total. The molecule has 6 heteroatoms. The normalized spacial score (nSPS) is 14.9. The second kappa shape index (κ2) is 7.33. The number of carbonyl (C=O) groups excluding carboxylic acids is 1. The number of aliphatic carboxylic acids is 1. The summed E-state index contributed by atoms with van der Waals surface area (Å²) in [5, 5.41) is 20.0. The van der Waals surface area contributed by atoms with Crippen LogP contribution in [0, 0.1) is 11.3 Å². The van der Waals surface area contributed by atoms with Crippen molar-refractivity contribution in [2.45, 2.75) is 39.7 Å². The minimum atomic E-state index is -1.15. The summed E-state index contributed by atoms with van der Waals surface area (Å²) < 4.78 is 0. The zero-order valence-electron chi connectivity index (χ0n) is 11.3. The fourth-order valence-corrected chi connectivity index (χ4v) is 1.70. The number of amides is 1. The fourth-order valence-electron chi connectivity index (χ4n) is 1.70. The largest absolute Gasteiger partial charge is 0.480 e. The van der Waals surface area contributed by atoms with Gasteiger partial charge in [0.25, 0.3) is 0 Å². The Kier molecular flexibility index (Phi) is 6.86. The first-order valence-corrected chi connectivity index (χ1v) is 6.05. The molecule has 1 amide bonds. The molecule has 0 fully saturated rings. The van der Waals surface area contributed by atoms with Gasteiger partial charge in [0.1, 0.15) is 6.04 Å². The molecule has 0 aliphatic rings. The Morgan fingerprint density at radius 1 is 1.33 bits per heavy atom. The molecule has 0 radical (unpaired) electrons. The van der Waals surface area contributed by atoms with Crippen molar-refractivity contribution in [3.8, 4) is 0 Å². The van der Waals surface area contributed by atoms with E-state index in [9.17, 15) is 9.59 Å². The van der Waals surface area contributed by atoms with Crippen LogP contribution in [0.1, 0.15) is 33.6 Å². The summed E-state index contributed by atoms with van der Waals surface area (Å²) in [6.07, 6.45) is 0.578. The lowest BCUT2D eigenvalue weighted by molar-refractivity contribution is -0.143. The molecule has 0 aromatic carbocycles. The van der Waals surface area contributed by atoms with Crippen molar-refractivity contribution in [3.05, 3.63) is 0 Å². The average Bonchev–Trinajstić information content (AvgIpc) is 2.23. The van der Waals surface area contributed by atoms with Crippen LogP contribution in [0.3, 0.4) is 0 Å². The fraction of sp³-hybridized carbons (Fsp3) is 0.833. The van der Waals surface area contributed by atoms with Crippen molar-refractivity contribution in [1.82, 2.24) is 5.32 Å². The Morgan fingerprint density at radius 3 is 2.22 bits per heavy atom. The van der Waals surface area contributed by atoms with E-state index in [1.165, 1.54) is 0 Å². The highest BCUT2D eigenvalue weighted by Crippen LogP contribution is 2.24. The number of rotatable bonds is 7. The number of nitrogens with two attached hydrogens (primary N) is 1. The molecule has 0 saturated carbocycles. The molecule has 0 aliphatic carbocycles. The Balaban J connectivity index is 4.55. The van der Waals surface area contributed by atoms with Crippen molar-refractivity contribution in [1.29, 1.82) is 0 Å². The minimum Gasteiger partial charge on any atom is -0.480 e. The summed E-state index contributed by atoms with van der Waals surface area (Å²) >= 11 is 0. The molecular formula is C12H24N2O4. The molecule has 5 N–H and O–H groups in total. The highest BCUT2D eigenvalue weighted by molar-refractivity contribution is 5.85. The number of carbonyl (C=O) groups is 2. The predicted octanol–water partition coefficient (Wildman–Crippen LogP) is -0.0507. The van der Waals surface area contributed by atoms with Crippen molar-refractivity contribution in [3.63, 3.8) is 0 Å². The van der Waals surface area contributed by atoms with E-state index in [2.05, 4.69) is 5.32 Å². The molecule has 0 aromatic heterocycles. The highest BCUT2D eigenvalue weighted by Gasteiger charge is 2.27. The maximum atomic E-state index is 11.9. The van der Waals surface area contributed by atoms with E-state index in [0.29, 0.717) is 6.42 Å². The summed E-state index contributed by atoms with van der Waals surface area (Å²) in [6, 6.07) is -1.06. The summed E-state index contributed by atoms with van der Waals surface area (Å²) in [4.78, 5) is 22.8. The third kappa shape index (κ3) is 6.56. The molecule has 0 heterocycles. The number of hydrogen-bond donors (Lipinski definition) is 4. The molecule has 0 aliphatic heterocycles. The van der Waals surface area contributed by atoms with E-state index in [1.807, 2.05) is 20.8 Å². The van der Waals surface area contributed by atoms with Gasteiger partial charge in [-0.15, -0.1) is 0 Å². The number of nitrogens with one attached hydrogen (secondary N) is 1. The Hall–Kier alpha value is -1.14. The molecule has 106 valence electrons.